The van der Waals surface area contributed by atoms with E-state index in [0.717, 1.165) is 32.4 Å². The molecule has 2 heterocycles. The van der Waals surface area contributed by atoms with Crippen LogP contribution in [0, 0.1) is 11.3 Å². The molecule has 1 unspecified atom stereocenters. The third-order valence-electron chi connectivity index (χ3n) is 4.63. The molecule has 2 amide bonds. The smallest absolute Gasteiger partial charge is 0.265 e. The van der Waals surface area contributed by atoms with Crippen LogP contribution in [0.3, 0.4) is 0 Å². The zero-order valence-electron chi connectivity index (χ0n) is 11.6. The molecule has 1 aliphatic heterocycles. The van der Waals surface area contributed by atoms with Gasteiger partial charge in [0.2, 0.25) is 5.91 Å². The van der Waals surface area contributed by atoms with Crippen LogP contribution >= 0.6 is 0 Å². The first-order chi connectivity index (χ1) is 9.52. The van der Waals surface area contributed by atoms with E-state index in [1.807, 2.05) is 0 Å². The molecule has 0 aromatic carbocycles. The van der Waals surface area contributed by atoms with Crippen molar-refractivity contribution in [1.29, 1.82) is 0 Å². The average Bonchev–Trinajstić information content (AvgIpc) is 2.96. The quantitative estimate of drug-likeness (QED) is 0.749. The maximum absolute atomic E-state index is 12.3. The number of rotatable bonds is 3. The second-order valence-electron chi connectivity index (χ2n) is 5.95. The largest absolute Gasteiger partial charge is 0.364 e. The van der Waals surface area contributed by atoms with E-state index in [2.05, 4.69) is 10.6 Å². The molecule has 0 bridgehead atoms. The van der Waals surface area contributed by atoms with Crippen molar-refractivity contribution < 1.29 is 9.59 Å². The van der Waals surface area contributed by atoms with Gasteiger partial charge in [0.05, 0.1) is 5.69 Å². The summed E-state index contributed by atoms with van der Waals surface area (Å²) in [4.78, 5) is 23.5. The number of nitrogens with two attached hydrogens (primary N) is 1. The maximum Gasteiger partial charge on any atom is 0.265 e. The normalized spacial score (nSPS) is 23.6. The van der Waals surface area contributed by atoms with Gasteiger partial charge in [-0.3, -0.25) is 9.59 Å². The van der Waals surface area contributed by atoms with Crippen LogP contribution in [0.15, 0.2) is 12.3 Å². The van der Waals surface area contributed by atoms with Gasteiger partial charge < -0.3 is 20.9 Å². The van der Waals surface area contributed by atoms with Gasteiger partial charge in [0, 0.05) is 19.2 Å². The monoisotopic (exact) mass is 276 g/mol. The maximum atomic E-state index is 12.3. The lowest BCUT2D eigenvalue weighted by Gasteiger charge is -2.23. The number of hydrogen-bond acceptors (Lipinski definition) is 3. The van der Waals surface area contributed by atoms with Crippen molar-refractivity contribution in [2.75, 3.05) is 18.4 Å². The minimum atomic E-state index is -0.491. The standard InChI is InChI=1S/C14H20N4O2/c1-18-8-9(6-11(18)12(15)19)17-13(20)10-7-14(10)2-4-16-5-3-14/h6,8,10,16H,2-5,7H2,1H3,(H2,15,19)(H,17,20). The molecule has 3 rings (SSSR count). The molecule has 4 N–H and O–H groups in total. The van der Waals surface area contributed by atoms with Gasteiger partial charge >= 0.3 is 0 Å². The number of anilines is 1. The summed E-state index contributed by atoms with van der Waals surface area (Å²) < 4.78 is 1.63. The van der Waals surface area contributed by atoms with E-state index >= 15 is 0 Å². The predicted octanol–water partition coefficient (Wildman–Crippen LogP) is 0.452. The number of nitrogens with one attached hydrogen (secondary N) is 2. The fourth-order valence-electron chi connectivity index (χ4n) is 3.30. The summed E-state index contributed by atoms with van der Waals surface area (Å²) in [5, 5.41) is 6.23. The summed E-state index contributed by atoms with van der Waals surface area (Å²) in [6.07, 6.45) is 4.85. The summed E-state index contributed by atoms with van der Waals surface area (Å²) in [5.74, 6) is -0.315. The molecule has 1 aromatic heterocycles. The Morgan fingerprint density at radius 3 is 2.75 bits per heavy atom. The Labute approximate surface area is 117 Å². The Morgan fingerprint density at radius 1 is 1.45 bits per heavy atom. The summed E-state index contributed by atoms with van der Waals surface area (Å²) >= 11 is 0. The molecule has 20 heavy (non-hydrogen) atoms. The fourth-order valence-corrected chi connectivity index (χ4v) is 3.30. The van der Waals surface area contributed by atoms with E-state index in [-0.39, 0.29) is 17.2 Å². The number of aryl methyl sites for hydroxylation is 1. The second-order valence-corrected chi connectivity index (χ2v) is 5.95. The molecular weight excluding hydrogens is 256 g/mol. The molecule has 1 atom stereocenters. The number of primary amides is 1. The summed E-state index contributed by atoms with van der Waals surface area (Å²) in [6, 6.07) is 1.62. The SMILES string of the molecule is Cn1cc(NC(=O)C2CC23CCNCC3)cc1C(N)=O. The number of amides is 2. The first-order valence-electron chi connectivity index (χ1n) is 7.00. The molecule has 6 heteroatoms. The van der Waals surface area contributed by atoms with Crippen molar-refractivity contribution in [2.45, 2.75) is 19.3 Å². The van der Waals surface area contributed by atoms with Crippen LogP contribution in [0.1, 0.15) is 29.8 Å². The van der Waals surface area contributed by atoms with Crippen molar-refractivity contribution in [3.63, 3.8) is 0 Å². The number of carbonyl (C=O) groups is 2. The molecule has 0 radical (unpaired) electrons. The highest BCUT2D eigenvalue weighted by molar-refractivity contribution is 5.97. The lowest BCUT2D eigenvalue weighted by molar-refractivity contribution is -0.118. The molecule has 1 aromatic rings. The molecule has 2 fully saturated rings. The Bertz CT molecular complexity index is 558. The van der Waals surface area contributed by atoms with Gasteiger partial charge in [0.1, 0.15) is 5.69 Å². The van der Waals surface area contributed by atoms with Gasteiger partial charge in [0.15, 0.2) is 0 Å². The molecule has 1 saturated carbocycles. The number of carbonyl (C=O) groups excluding carboxylic acids is 2. The molecule has 1 saturated heterocycles. The minimum Gasteiger partial charge on any atom is -0.364 e. The van der Waals surface area contributed by atoms with Crippen LogP contribution in [0.2, 0.25) is 0 Å². The van der Waals surface area contributed by atoms with Crippen LogP contribution < -0.4 is 16.4 Å². The van der Waals surface area contributed by atoms with E-state index in [4.69, 9.17) is 5.73 Å². The highest BCUT2D eigenvalue weighted by atomic mass is 16.2. The Balaban J connectivity index is 1.65. The van der Waals surface area contributed by atoms with E-state index in [0.29, 0.717) is 11.4 Å². The van der Waals surface area contributed by atoms with Crippen LogP contribution in [-0.2, 0) is 11.8 Å². The van der Waals surface area contributed by atoms with Crippen molar-refractivity contribution in [3.05, 3.63) is 18.0 Å². The van der Waals surface area contributed by atoms with E-state index < -0.39 is 5.91 Å². The number of aromatic nitrogens is 1. The number of nitrogens with zero attached hydrogens (tertiary/aromatic N) is 1. The molecule has 2 aliphatic rings. The molecule has 1 aliphatic carbocycles. The third-order valence-corrected chi connectivity index (χ3v) is 4.63. The van der Waals surface area contributed by atoms with Gasteiger partial charge in [-0.15, -0.1) is 0 Å². The van der Waals surface area contributed by atoms with Crippen LogP contribution in [0.5, 0.6) is 0 Å². The molecule has 108 valence electrons. The van der Waals surface area contributed by atoms with Crippen molar-refractivity contribution in [3.8, 4) is 0 Å². The van der Waals surface area contributed by atoms with Gasteiger partial charge in [0.25, 0.3) is 5.91 Å². The molecule has 1 spiro atoms. The van der Waals surface area contributed by atoms with Crippen molar-refractivity contribution >= 4 is 17.5 Å². The van der Waals surface area contributed by atoms with E-state index in [1.54, 1.807) is 23.9 Å². The van der Waals surface area contributed by atoms with Gasteiger partial charge in [-0.25, -0.2) is 0 Å². The van der Waals surface area contributed by atoms with Crippen LogP contribution in [-0.4, -0.2) is 29.5 Å². The van der Waals surface area contributed by atoms with Crippen LogP contribution in [0.25, 0.3) is 0 Å². The number of piperidine rings is 1. The molecule has 6 nitrogen and oxygen atoms in total. The Hall–Kier alpha value is -1.82. The average molecular weight is 276 g/mol. The first kappa shape index (κ1) is 13.2. The highest BCUT2D eigenvalue weighted by Crippen LogP contribution is 2.58. The third kappa shape index (κ3) is 2.20. The predicted molar refractivity (Wildman–Crippen MR) is 75.2 cm³/mol. The first-order valence-corrected chi connectivity index (χ1v) is 7.00. The van der Waals surface area contributed by atoms with E-state index in [1.165, 1.54) is 0 Å². The topological polar surface area (TPSA) is 89.2 Å². The van der Waals surface area contributed by atoms with Crippen molar-refractivity contribution in [2.24, 2.45) is 24.1 Å². The summed E-state index contributed by atoms with van der Waals surface area (Å²) in [7, 11) is 1.74. The van der Waals surface area contributed by atoms with Crippen LogP contribution in [0.4, 0.5) is 5.69 Å². The lowest BCUT2D eigenvalue weighted by atomic mass is 9.92. The van der Waals surface area contributed by atoms with Gasteiger partial charge in [-0.2, -0.15) is 0 Å². The minimum absolute atomic E-state index is 0.0634. The Morgan fingerprint density at radius 2 is 2.15 bits per heavy atom. The zero-order chi connectivity index (χ0) is 14.3. The lowest BCUT2D eigenvalue weighted by Crippen LogP contribution is -2.31. The Kier molecular flexibility index (Phi) is 3.05. The zero-order valence-corrected chi connectivity index (χ0v) is 11.6. The van der Waals surface area contributed by atoms with Gasteiger partial charge in [-0.1, -0.05) is 0 Å². The molecular formula is C14H20N4O2. The fraction of sp³-hybridized carbons (Fsp3) is 0.571. The highest BCUT2D eigenvalue weighted by Gasteiger charge is 2.57. The summed E-state index contributed by atoms with van der Waals surface area (Å²) in [5.41, 5.74) is 6.52. The van der Waals surface area contributed by atoms with Gasteiger partial charge in [-0.05, 0) is 43.8 Å². The summed E-state index contributed by atoms with van der Waals surface area (Å²) in [6.45, 7) is 2.00. The second kappa shape index (κ2) is 4.63. The van der Waals surface area contributed by atoms with E-state index in [9.17, 15) is 9.59 Å². The van der Waals surface area contributed by atoms with Crippen molar-refractivity contribution in [1.82, 2.24) is 9.88 Å². The number of hydrogen-bond donors (Lipinski definition) is 3.